The van der Waals surface area contributed by atoms with E-state index in [0.29, 0.717) is 0 Å². The van der Waals surface area contributed by atoms with Crippen LogP contribution in [0.15, 0.2) is 197 Å². The first-order valence-electron chi connectivity index (χ1n) is 18.9. The van der Waals surface area contributed by atoms with Crippen LogP contribution in [0.2, 0.25) is 0 Å². The first kappa shape index (κ1) is 31.2. The Kier molecular flexibility index (Phi) is 6.80. The molecule has 0 saturated heterocycles. The lowest BCUT2D eigenvalue weighted by Gasteiger charge is -2.26. The fourth-order valence-electron chi connectivity index (χ4n) is 8.65. The number of rotatable bonds is 5. The molecule has 0 aliphatic rings. The first-order chi connectivity index (χ1) is 27.7. The number of fused-ring (bicyclic) bond motifs is 11. The van der Waals surface area contributed by atoms with E-state index in [1.165, 1.54) is 25.6 Å². The molecule has 0 spiro atoms. The first-order valence-corrected chi connectivity index (χ1v) is 19.7. The minimum Gasteiger partial charge on any atom is -0.455 e. The maximum atomic E-state index is 6.53. The summed E-state index contributed by atoms with van der Waals surface area (Å²) in [7, 11) is 0. The maximum Gasteiger partial charge on any atom is 0.143 e. The van der Waals surface area contributed by atoms with Crippen LogP contribution in [0.5, 0.6) is 0 Å². The molecule has 56 heavy (non-hydrogen) atoms. The van der Waals surface area contributed by atoms with Crippen LogP contribution >= 0.6 is 11.3 Å². The molecule has 3 heterocycles. The van der Waals surface area contributed by atoms with Gasteiger partial charge in [0.2, 0.25) is 0 Å². The van der Waals surface area contributed by atoms with Gasteiger partial charge in [-0.1, -0.05) is 121 Å². The summed E-state index contributed by atoms with van der Waals surface area (Å²) in [5, 5.41) is 9.41. The molecule has 3 nitrogen and oxygen atoms in total. The van der Waals surface area contributed by atoms with Gasteiger partial charge in [0.05, 0.1) is 0 Å². The zero-order chi connectivity index (χ0) is 36.7. The van der Waals surface area contributed by atoms with Crippen molar-refractivity contribution >= 4 is 103 Å². The standard InChI is InChI=1S/C52H31NO2S/c1-2-10-39-32(9-1)23-29-44-50-38(13-8-17-47(50)55-52(39)44)33-19-24-35(25-20-33)53(37-28-30-49-45(31-37)42-12-4-6-18-48(42)56-49)36-26-21-34(22-27-36)40-14-7-15-43-41-11-3-5-16-46(41)54-51(40)43/h1-31H. The third-order valence-electron chi connectivity index (χ3n) is 11.3. The van der Waals surface area contributed by atoms with Crippen molar-refractivity contribution < 1.29 is 8.83 Å². The summed E-state index contributed by atoms with van der Waals surface area (Å²) in [5.41, 5.74) is 11.4. The maximum absolute atomic E-state index is 6.53. The molecule has 0 aliphatic carbocycles. The quantitative estimate of drug-likeness (QED) is 0.176. The summed E-state index contributed by atoms with van der Waals surface area (Å²) >= 11 is 1.84. The molecule has 0 radical (unpaired) electrons. The van der Waals surface area contributed by atoms with Gasteiger partial charge in [-0.25, -0.2) is 0 Å². The van der Waals surface area contributed by atoms with Crippen LogP contribution < -0.4 is 4.90 Å². The smallest absolute Gasteiger partial charge is 0.143 e. The van der Waals surface area contributed by atoms with E-state index >= 15 is 0 Å². The van der Waals surface area contributed by atoms with Crippen LogP contribution in [-0.2, 0) is 0 Å². The highest BCUT2D eigenvalue weighted by Crippen LogP contribution is 2.44. The Bertz CT molecular complexity index is 3480. The van der Waals surface area contributed by atoms with Crippen molar-refractivity contribution in [2.24, 2.45) is 0 Å². The highest BCUT2D eigenvalue weighted by molar-refractivity contribution is 7.25. The fourth-order valence-corrected chi connectivity index (χ4v) is 9.74. The van der Waals surface area contributed by atoms with Crippen molar-refractivity contribution in [1.82, 2.24) is 0 Å². The van der Waals surface area contributed by atoms with E-state index in [2.05, 4.69) is 181 Å². The molecule has 0 bridgehead atoms. The second kappa shape index (κ2) is 12.2. The highest BCUT2D eigenvalue weighted by atomic mass is 32.1. The summed E-state index contributed by atoms with van der Waals surface area (Å²) in [6, 6.07) is 67.3. The van der Waals surface area contributed by atoms with E-state index in [0.717, 1.165) is 88.6 Å². The molecule has 0 unspecified atom stereocenters. The highest BCUT2D eigenvalue weighted by Gasteiger charge is 2.19. The molecule has 12 aromatic rings. The Morgan fingerprint density at radius 3 is 1.80 bits per heavy atom. The number of benzene rings is 9. The van der Waals surface area contributed by atoms with Crippen molar-refractivity contribution in [3.05, 3.63) is 188 Å². The van der Waals surface area contributed by atoms with Crippen LogP contribution in [0.4, 0.5) is 17.1 Å². The molecule has 262 valence electrons. The summed E-state index contributed by atoms with van der Waals surface area (Å²) < 4.78 is 15.5. The Balaban J connectivity index is 0.991. The van der Waals surface area contributed by atoms with Crippen molar-refractivity contribution in [3.8, 4) is 22.3 Å². The Morgan fingerprint density at radius 1 is 0.357 bits per heavy atom. The number of para-hydroxylation sites is 2. The normalized spacial score (nSPS) is 11.9. The molecule has 9 aromatic carbocycles. The Labute approximate surface area is 325 Å². The van der Waals surface area contributed by atoms with Gasteiger partial charge >= 0.3 is 0 Å². The summed E-state index contributed by atoms with van der Waals surface area (Å²) in [6.45, 7) is 0. The van der Waals surface area contributed by atoms with Gasteiger partial charge in [-0.3, -0.25) is 0 Å². The SMILES string of the molecule is c1ccc2c(c1)ccc1c2oc2cccc(-c3ccc(N(c4ccc(-c5cccc6c5oc5ccccc56)cc4)c4ccc5sc6ccccc6c5c4)cc3)c21. The lowest BCUT2D eigenvalue weighted by Crippen LogP contribution is -2.09. The Hall–Kier alpha value is -7.14. The number of nitrogens with zero attached hydrogens (tertiary/aromatic N) is 1. The lowest BCUT2D eigenvalue weighted by atomic mass is 9.98. The monoisotopic (exact) mass is 733 g/mol. The molecule has 0 aliphatic heterocycles. The Morgan fingerprint density at radius 2 is 0.964 bits per heavy atom. The van der Waals surface area contributed by atoms with E-state index in [-0.39, 0.29) is 0 Å². The molecule has 0 fully saturated rings. The average Bonchev–Trinajstić information content (AvgIpc) is 3.96. The molecule has 12 rings (SSSR count). The molecule has 3 aromatic heterocycles. The van der Waals surface area contributed by atoms with Gasteiger partial charge in [0.15, 0.2) is 0 Å². The minimum absolute atomic E-state index is 0.897. The van der Waals surface area contributed by atoms with Gasteiger partial charge < -0.3 is 13.7 Å². The van der Waals surface area contributed by atoms with Gasteiger partial charge in [0, 0.05) is 69.7 Å². The van der Waals surface area contributed by atoms with Gasteiger partial charge in [-0.2, -0.15) is 0 Å². The number of furan rings is 2. The van der Waals surface area contributed by atoms with Crippen LogP contribution in [0, 0.1) is 0 Å². The van der Waals surface area contributed by atoms with Crippen LogP contribution in [-0.4, -0.2) is 0 Å². The van der Waals surface area contributed by atoms with Gasteiger partial charge in [-0.15, -0.1) is 11.3 Å². The molecule has 0 N–H and O–H groups in total. The van der Waals surface area contributed by atoms with Gasteiger partial charge in [0.25, 0.3) is 0 Å². The van der Waals surface area contributed by atoms with E-state index in [9.17, 15) is 0 Å². The topological polar surface area (TPSA) is 29.5 Å². The van der Waals surface area contributed by atoms with Gasteiger partial charge in [-0.05, 0) is 88.8 Å². The third-order valence-corrected chi connectivity index (χ3v) is 12.4. The van der Waals surface area contributed by atoms with E-state index < -0.39 is 0 Å². The van der Waals surface area contributed by atoms with Crippen molar-refractivity contribution in [3.63, 3.8) is 0 Å². The molecular weight excluding hydrogens is 703 g/mol. The number of hydrogen-bond acceptors (Lipinski definition) is 4. The third kappa shape index (κ3) is 4.76. The molecular formula is C52H31NO2S. The summed E-state index contributed by atoms with van der Waals surface area (Å²) in [4.78, 5) is 2.36. The van der Waals surface area contributed by atoms with E-state index in [1.807, 2.05) is 23.5 Å². The second-order valence-electron chi connectivity index (χ2n) is 14.4. The predicted octanol–water partition coefficient (Wildman–Crippen LogP) is 15.8. The van der Waals surface area contributed by atoms with Crippen molar-refractivity contribution in [1.29, 1.82) is 0 Å². The van der Waals surface area contributed by atoms with Crippen LogP contribution in [0.1, 0.15) is 0 Å². The second-order valence-corrected chi connectivity index (χ2v) is 15.5. The zero-order valence-electron chi connectivity index (χ0n) is 30.1. The minimum atomic E-state index is 0.897. The fraction of sp³-hybridized carbons (Fsp3) is 0. The molecule has 0 amide bonds. The number of anilines is 3. The molecule has 4 heteroatoms. The van der Waals surface area contributed by atoms with Gasteiger partial charge in [0.1, 0.15) is 22.3 Å². The van der Waals surface area contributed by atoms with Crippen LogP contribution in [0.3, 0.4) is 0 Å². The van der Waals surface area contributed by atoms with E-state index in [1.54, 1.807) is 0 Å². The zero-order valence-corrected chi connectivity index (χ0v) is 30.9. The van der Waals surface area contributed by atoms with Crippen molar-refractivity contribution in [2.45, 2.75) is 0 Å². The largest absolute Gasteiger partial charge is 0.455 e. The predicted molar refractivity (Wildman–Crippen MR) is 237 cm³/mol. The van der Waals surface area contributed by atoms with Crippen LogP contribution in [0.25, 0.3) is 97.1 Å². The molecule has 0 saturated carbocycles. The molecule has 0 atom stereocenters. The van der Waals surface area contributed by atoms with E-state index in [4.69, 9.17) is 8.83 Å². The summed E-state index contributed by atoms with van der Waals surface area (Å²) in [6.07, 6.45) is 0. The lowest BCUT2D eigenvalue weighted by molar-refractivity contribution is 0.670. The average molecular weight is 734 g/mol. The number of thiophene rings is 1. The number of hydrogen-bond donors (Lipinski definition) is 0. The summed E-state index contributed by atoms with van der Waals surface area (Å²) in [5.74, 6) is 0. The van der Waals surface area contributed by atoms with Crippen molar-refractivity contribution in [2.75, 3.05) is 4.90 Å².